The first-order valence-corrected chi connectivity index (χ1v) is 10.9. The second kappa shape index (κ2) is 8.88. The van der Waals surface area contributed by atoms with E-state index in [-0.39, 0.29) is 18.0 Å². The zero-order valence-electron chi connectivity index (χ0n) is 18.5. The van der Waals surface area contributed by atoms with Crippen molar-refractivity contribution in [3.05, 3.63) is 53.1 Å². The number of alkyl halides is 3. The maximum absolute atomic E-state index is 11.5. The van der Waals surface area contributed by atoms with E-state index < -0.39 is 23.3 Å². The van der Waals surface area contributed by atoms with Crippen molar-refractivity contribution in [2.24, 2.45) is 16.6 Å². The molecule has 0 saturated heterocycles. The van der Waals surface area contributed by atoms with Crippen molar-refractivity contribution in [1.29, 1.82) is 5.26 Å². The van der Waals surface area contributed by atoms with Gasteiger partial charge in [-0.15, -0.1) is 0 Å². The number of aliphatic hydroxyl groups is 1. The van der Waals surface area contributed by atoms with E-state index in [9.17, 15) is 23.5 Å². The molecule has 1 aromatic rings. The molecular weight excluding hydrogens is 469 g/mol. The fourth-order valence-electron chi connectivity index (χ4n) is 5.10. The Hall–Kier alpha value is -3.59. The Morgan fingerprint density at radius 1 is 1.29 bits per heavy atom. The normalized spacial score (nSPS) is 31.1. The van der Waals surface area contributed by atoms with Crippen LogP contribution < -0.4 is 5.73 Å². The third kappa shape index (κ3) is 4.55. The van der Waals surface area contributed by atoms with Crippen LogP contribution in [-0.2, 0) is 19.9 Å². The summed E-state index contributed by atoms with van der Waals surface area (Å²) in [5.74, 6) is -1.81. The highest BCUT2D eigenvalue weighted by Crippen LogP contribution is 2.53. The number of fused-ring (bicyclic) bond motifs is 3. The number of pyridine rings is 1. The third-order valence-electron chi connectivity index (χ3n) is 6.73. The number of aliphatic carboxylic acids is 1. The van der Waals surface area contributed by atoms with Gasteiger partial charge in [0.05, 0.1) is 5.56 Å². The summed E-state index contributed by atoms with van der Waals surface area (Å²) < 4.78 is 43.7. The molecule has 9 nitrogen and oxygen atoms in total. The van der Waals surface area contributed by atoms with Gasteiger partial charge in [0.2, 0.25) is 0 Å². The first-order chi connectivity index (χ1) is 16.5. The molecule has 1 spiro atoms. The Labute approximate surface area is 198 Å². The topological polar surface area (TPSA) is 151 Å². The van der Waals surface area contributed by atoms with Crippen molar-refractivity contribution in [2.75, 3.05) is 6.61 Å². The number of carboxylic acid groups (broad SMARTS) is 1. The number of nitrogens with zero attached hydrogens (tertiary/aromatic N) is 3. The third-order valence-corrected chi connectivity index (χ3v) is 6.73. The Morgan fingerprint density at radius 2 is 2.00 bits per heavy atom. The number of hydrogen-bond donors (Lipinski definition) is 3. The van der Waals surface area contributed by atoms with Gasteiger partial charge in [0.15, 0.2) is 0 Å². The number of amidine groups is 1. The Morgan fingerprint density at radius 3 is 2.63 bits per heavy atom. The van der Waals surface area contributed by atoms with Crippen LogP contribution in [0.15, 0.2) is 46.9 Å². The van der Waals surface area contributed by atoms with E-state index >= 15 is 0 Å². The highest BCUT2D eigenvalue weighted by atomic mass is 19.4. The average Bonchev–Trinajstić information content (AvgIpc) is 3.22. The van der Waals surface area contributed by atoms with Gasteiger partial charge >= 0.3 is 12.1 Å². The van der Waals surface area contributed by atoms with E-state index in [1.54, 1.807) is 18.3 Å². The van der Waals surface area contributed by atoms with E-state index in [0.717, 1.165) is 37.0 Å². The number of nitrogens with two attached hydrogens (primary N) is 1. The van der Waals surface area contributed by atoms with Gasteiger partial charge in [-0.25, -0.2) is 9.79 Å². The van der Waals surface area contributed by atoms with Crippen molar-refractivity contribution in [2.45, 2.75) is 55.5 Å². The molecule has 1 fully saturated rings. The molecule has 4 N–H and O–H groups in total. The minimum Gasteiger partial charge on any atom is -0.490 e. The second-order valence-corrected chi connectivity index (χ2v) is 8.86. The molecule has 35 heavy (non-hydrogen) atoms. The van der Waals surface area contributed by atoms with Crippen LogP contribution in [0.2, 0.25) is 0 Å². The molecule has 12 heteroatoms. The van der Waals surface area contributed by atoms with Gasteiger partial charge in [-0.2, -0.15) is 18.4 Å². The van der Waals surface area contributed by atoms with E-state index in [2.05, 4.69) is 11.1 Å². The maximum Gasteiger partial charge on any atom is 0.490 e. The van der Waals surface area contributed by atoms with Crippen molar-refractivity contribution >= 4 is 12.0 Å². The minimum atomic E-state index is -5.08. The molecule has 5 rings (SSSR count). The largest absolute Gasteiger partial charge is 0.490 e. The summed E-state index contributed by atoms with van der Waals surface area (Å²) in [5, 5.41) is 27.8. The number of halogens is 3. The van der Waals surface area contributed by atoms with Crippen LogP contribution >= 0.6 is 0 Å². The summed E-state index contributed by atoms with van der Waals surface area (Å²) in [6.07, 6.45) is 6.19. The zero-order valence-corrected chi connectivity index (χ0v) is 18.5. The smallest absolute Gasteiger partial charge is 0.490 e. The van der Waals surface area contributed by atoms with E-state index in [4.69, 9.17) is 30.1 Å². The summed E-state index contributed by atoms with van der Waals surface area (Å²) >= 11 is 0. The molecule has 4 atom stereocenters. The number of hydrogen-bond acceptors (Lipinski definition) is 8. The second-order valence-electron chi connectivity index (χ2n) is 8.86. The van der Waals surface area contributed by atoms with Crippen molar-refractivity contribution in [3.63, 3.8) is 0 Å². The Kier molecular flexibility index (Phi) is 6.23. The lowest BCUT2D eigenvalue weighted by Gasteiger charge is -2.49. The summed E-state index contributed by atoms with van der Waals surface area (Å²) in [7, 11) is 0. The standard InChI is InChI=1S/C21H22N4O3.C2HF3O2/c22-9-13-7-14(11-24-10-13)20(26)6-5-18-16(8-20)21(12-27-19(23)25-21)15-3-1-2-4-17(15)28-18;3-2(4,5)1(6)7/h5-7,10-11,15,17,26H,1-4,8,12H2,(H2,23,25);(H,6,7)/t15-,17-,20?,21?;/m0./s1. The molecule has 186 valence electrons. The Balaban J connectivity index is 0.000000364. The van der Waals surface area contributed by atoms with Gasteiger partial charge in [0.25, 0.3) is 6.02 Å². The molecule has 2 aliphatic carbocycles. The predicted molar refractivity (Wildman–Crippen MR) is 114 cm³/mol. The molecule has 0 aromatic carbocycles. The highest BCUT2D eigenvalue weighted by molar-refractivity contribution is 5.75. The average molecular weight is 492 g/mol. The zero-order chi connectivity index (χ0) is 25.4. The van der Waals surface area contributed by atoms with Gasteiger partial charge in [-0.3, -0.25) is 4.98 Å². The van der Waals surface area contributed by atoms with E-state index in [1.807, 2.05) is 6.08 Å². The van der Waals surface area contributed by atoms with Crippen LogP contribution in [0.5, 0.6) is 0 Å². The minimum absolute atomic E-state index is 0.0881. The monoisotopic (exact) mass is 492 g/mol. The van der Waals surface area contributed by atoms with E-state index in [1.165, 1.54) is 6.20 Å². The fraction of sp³-hybridized carbons (Fsp3) is 0.478. The van der Waals surface area contributed by atoms with Gasteiger partial charge < -0.3 is 25.4 Å². The van der Waals surface area contributed by atoms with Crippen molar-refractivity contribution in [1.82, 2.24) is 4.98 Å². The molecule has 0 bridgehead atoms. The van der Waals surface area contributed by atoms with Crippen molar-refractivity contribution in [3.8, 4) is 6.07 Å². The van der Waals surface area contributed by atoms with Crippen LogP contribution in [0.25, 0.3) is 0 Å². The number of carbonyl (C=O) groups is 1. The molecular formula is C23H23F3N4O5. The van der Waals surface area contributed by atoms with Gasteiger partial charge in [0, 0.05) is 35.9 Å². The summed E-state index contributed by atoms with van der Waals surface area (Å²) in [6.45, 7) is 0.378. The SMILES string of the molecule is N#Cc1cncc(C2(O)C=CC3=C(C2)C2(COC(N)=N2)[C@H]2CCCC[C@@H]2O3)c1.O=C(O)C(F)(F)F. The van der Waals surface area contributed by atoms with Crippen LogP contribution in [0.3, 0.4) is 0 Å². The molecule has 3 heterocycles. The van der Waals surface area contributed by atoms with E-state index in [0.29, 0.717) is 24.2 Å². The lowest BCUT2D eigenvalue weighted by molar-refractivity contribution is -0.192. The number of ether oxygens (including phenoxy) is 2. The molecule has 1 aromatic heterocycles. The molecule has 0 amide bonds. The first kappa shape index (κ1) is 24.5. The van der Waals surface area contributed by atoms with Crippen LogP contribution in [0.1, 0.15) is 43.2 Å². The molecule has 4 aliphatic rings. The van der Waals surface area contributed by atoms with Crippen molar-refractivity contribution < 1.29 is 37.7 Å². The molecule has 1 saturated carbocycles. The highest BCUT2D eigenvalue weighted by Gasteiger charge is 2.57. The molecule has 2 aliphatic heterocycles. The number of nitriles is 1. The lowest BCUT2D eigenvalue weighted by Crippen LogP contribution is -2.53. The molecule has 2 unspecified atom stereocenters. The summed E-state index contributed by atoms with van der Waals surface area (Å²) in [5.41, 5.74) is 5.96. The summed E-state index contributed by atoms with van der Waals surface area (Å²) in [6, 6.07) is 3.95. The van der Waals surface area contributed by atoms with Crippen LogP contribution in [0.4, 0.5) is 13.2 Å². The van der Waals surface area contributed by atoms with Crippen LogP contribution in [0, 0.1) is 17.2 Å². The number of aromatic nitrogens is 1. The van der Waals surface area contributed by atoms with Gasteiger partial charge in [0.1, 0.15) is 35.7 Å². The van der Waals surface area contributed by atoms with Gasteiger partial charge in [-0.05, 0) is 37.5 Å². The van der Waals surface area contributed by atoms with Crippen LogP contribution in [-0.4, -0.2) is 51.6 Å². The predicted octanol–water partition coefficient (Wildman–Crippen LogP) is 2.66. The van der Waals surface area contributed by atoms with Gasteiger partial charge in [-0.1, -0.05) is 6.42 Å². The number of rotatable bonds is 1. The number of allylic oxidation sites excluding steroid dienone is 1. The first-order valence-electron chi connectivity index (χ1n) is 10.9. The number of carboxylic acids is 1. The molecule has 0 radical (unpaired) electrons. The Bertz CT molecular complexity index is 1160. The number of aliphatic imine (C=N–C) groups is 1. The lowest BCUT2D eigenvalue weighted by atomic mass is 9.64. The quantitative estimate of drug-likeness (QED) is 0.541. The maximum atomic E-state index is 11.5. The summed E-state index contributed by atoms with van der Waals surface area (Å²) in [4.78, 5) is 17.8. The fourth-order valence-corrected chi connectivity index (χ4v) is 5.10.